The molecular weight excluding hydrogens is 392 g/mol. The Morgan fingerprint density at radius 2 is 2.18 bits per heavy atom. The number of halogens is 1. The summed E-state index contributed by atoms with van der Waals surface area (Å²) in [4.78, 5) is 19.7. The van der Waals surface area contributed by atoms with Crippen molar-refractivity contribution in [3.05, 3.63) is 58.1 Å². The van der Waals surface area contributed by atoms with Gasteiger partial charge in [-0.05, 0) is 49.7 Å². The molecule has 1 aliphatic rings. The lowest BCUT2D eigenvalue weighted by molar-refractivity contribution is -0.118. The predicted molar refractivity (Wildman–Crippen MR) is 113 cm³/mol. The van der Waals surface area contributed by atoms with Crippen LogP contribution in [0, 0.1) is 11.3 Å². The summed E-state index contributed by atoms with van der Waals surface area (Å²) in [6, 6.07) is 15.2. The molecule has 0 spiro atoms. The van der Waals surface area contributed by atoms with Crippen LogP contribution in [-0.4, -0.2) is 28.9 Å². The lowest BCUT2D eigenvalue weighted by Crippen LogP contribution is -2.39. The van der Waals surface area contributed by atoms with Crippen LogP contribution in [0.1, 0.15) is 35.9 Å². The molecule has 5 nitrogen and oxygen atoms in total. The SMILES string of the molecule is N#Cc1ccc(Cl)cc1NC(=O)CN1CCCC[C@H]1c1nc2ccccc2s1. The van der Waals surface area contributed by atoms with Gasteiger partial charge in [0.1, 0.15) is 11.1 Å². The van der Waals surface area contributed by atoms with Crippen molar-refractivity contribution in [2.75, 3.05) is 18.4 Å². The summed E-state index contributed by atoms with van der Waals surface area (Å²) in [5.74, 6) is -0.147. The number of nitriles is 1. The number of piperidine rings is 1. The van der Waals surface area contributed by atoms with E-state index in [1.807, 2.05) is 18.2 Å². The van der Waals surface area contributed by atoms with Crippen molar-refractivity contribution in [3.63, 3.8) is 0 Å². The average molecular weight is 411 g/mol. The molecule has 142 valence electrons. The Kier molecular flexibility index (Phi) is 5.58. The number of benzene rings is 2. The molecule has 1 atom stereocenters. The number of carbonyl (C=O) groups is 1. The Hall–Kier alpha value is -2.46. The van der Waals surface area contributed by atoms with Crippen LogP contribution in [0.2, 0.25) is 5.02 Å². The normalized spacial score (nSPS) is 17.4. The quantitative estimate of drug-likeness (QED) is 0.658. The van der Waals surface area contributed by atoms with Crippen molar-refractivity contribution in [2.24, 2.45) is 0 Å². The summed E-state index contributed by atoms with van der Waals surface area (Å²) >= 11 is 7.71. The van der Waals surface area contributed by atoms with E-state index in [1.165, 1.54) is 4.70 Å². The molecule has 0 bridgehead atoms. The van der Waals surface area contributed by atoms with E-state index in [-0.39, 0.29) is 18.5 Å². The highest BCUT2D eigenvalue weighted by Crippen LogP contribution is 2.35. The predicted octanol–water partition coefficient (Wildman–Crippen LogP) is 4.99. The van der Waals surface area contributed by atoms with E-state index >= 15 is 0 Å². The van der Waals surface area contributed by atoms with Crippen LogP contribution in [0.25, 0.3) is 10.2 Å². The lowest BCUT2D eigenvalue weighted by Gasteiger charge is -2.33. The molecule has 0 aliphatic carbocycles. The first-order valence-corrected chi connectivity index (χ1v) is 10.4. The molecule has 1 fully saturated rings. The van der Waals surface area contributed by atoms with E-state index in [9.17, 15) is 10.1 Å². The van der Waals surface area contributed by atoms with Gasteiger partial charge in [0.25, 0.3) is 0 Å². The monoisotopic (exact) mass is 410 g/mol. The molecule has 2 heterocycles. The van der Waals surface area contributed by atoms with Crippen molar-refractivity contribution >= 4 is 44.7 Å². The molecule has 1 amide bonds. The van der Waals surface area contributed by atoms with Gasteiger partial charge in [0.15, 0.2) is 0 Å². The van der Waals surface area contributed by atoms with Gasteiger partial charge in [-0.25, -0.2) is 4.98 Å². The second-order valence-corrected chi connectivity index (χ2v) is 8.35. The van der Waals surface area contributed by atoms with Gasteiger partial charge in [-0.2, -0.15) is 5.26 Å². The van der Waals surface area contributed by atoms with Crippen molar-refractivity contribution < 1.29 is 4.79 Å². The Morgan fingerprint density at radius 1 is 1.32 bits per heavy atom. The molecular formula is C21H19ClN4OS. The molecule has 1 aliphatic heterocycles. The van der Waals surface area contributed by atoms with Crippen LogP contribution in [0.3, 0.4) is 0 Å². The molecule has 4 rings (SSSR count). The van der Waals surface area contributed by atoms with Gasteiger partial charge in [-0.3, -0.25) is 9.69 Å². The number of aromatic nitrogens is 1. The number of fused-ring (bicyclic) bond motifs is 1. The van der Waals surface area contributed by atoms with Crippen LogP contribution >= 0.6 is 22.9 Å². The summed E-state index contributed by atoms with van der Waals surface area (Å²) in [6.45, 7) is 1.12. The maximum atomic E-state index is 12.7. The van der Waals surface area contributed by atoms with Gasteiger partial charge in [0, 0.05) is 5.02 Å². The first-order valence-electron chi connectivity index (χ1n) is 9.23. The number of nitrogens with zero attached hydrogens (tertiary/aromatic N) is 3. The zero-order valence-electron chi connectivity index (χ0n) is 15.2. The largest absolute Gasteiger partial charge is 0.324 e. The fourth-order valence-electron chi connectivity index (χ4n) is 3.58. The fraction of sp³-hybridized carbons (Fsp3) is 0.286. The minimum absolute atomic E-state index is 0.145. The van der Waals surface area contributed by atoms with E-state index in [2.05, 4.69) is 22.4 Å². The smallest absolute Gasteiger partial charge is 0.238 e. The number of thiazole rings is 1. The van der Waals surface area contributed by atoms with Gasteiger partial charge in [-0.15, -0.1) is 11.3 Å². The zero-order chi connectivity index (χ0) is 19.5. The van der Waals surface area contributed by atoms with Crippen LogP contribution in [0.15, 0.2) is 42.5 Å². The third-order valence-electron chi connectivity index (χ3n) is 4.93. The molecule has 3 aromatic rings. The van der Waals surface area contributed by atoms with Crippen LogP contribution in [0.4, 0.5) is 5.69 Å². The molecule has 2 aromatic carbocycles. The number of hydrogen-bond donors (Lipinski definition) is 1. The maximum Gasteiger partial charge on any atom is 0.238 e. The Morgan fingerprint density at radius 3 is 3.00 bits per heavy atom. The van der Waals surface area contributed by atoms with E-state index in [0.29, 0.717) is 16.3 Å². The summed E-state index contributed by atoms with van der Waals surface area (Å²) < 4.78 is 1.17. The summed E-state index contributed by atoms with van der Waals surface area (Å²) in [5, 5.41) is 13.6. The highest BCUT2D eigenvalue weighted by molar-refractivity contribution is 7.18. The second kappa shape index (κ2) is 8.27. The summed E-state index contributed by atoms with van der Waals surface area (Å²) in [6.07, 6.45) is 3.19. The number of likely N-dealkylation sites (tertiary alicyclic amines) is 1. The highest BCUT2D eigenvalue weighted by Gasteiger charge is 2.28. The minimum atomic E-state index is -0.147. The standard InChI is InChI=1S/C21H19ClN4OS/c22-15-9-8-14(12-23)17(11-15)24-20(27)13-26-10-4-3-6-18(26)21-25-16-5-1-2-7-19(16)28-21/h1-2,5,7-9,11,18H,3-4,6,10,13H2,(H,24,27)/t18-/m0/s1. The molecule has 7 heteroatoms. The van der Waals surface area contributed by atoms with Crippen LogP contribution in [-0.2, 0) is 4.79 Å². The van der Waals surface area contributed by atoms with Crippen LogP contribution < -0.4 is 5.32 Å². The number of para-hydroxylation sites is 1. The summed E-state index contributed by atoms with van der Waals surface area (Å²) in [5.41, 5.74) is 1.86. The van der Waals surface area contributed by atoms with E-state index in [0.717, 1.165) is 36.3 Å². The van der Waals surface area contributed by atoms with Gasteiger partial charge in [0.2, 0.25) is 5.91 Å². The molecule has 0 radical (unpaired) electrons. The maximum absolute atomic E-state index is 12.7. The van der Waals surface area contributed by atoms with Gasteiger partial charge >= 0.3 is 0 Å². The van der Waals surface area contributed by atoms with E-state index in [1.54, 1.807) is 29.5 Å². The van der Waals surface area contributed by atoms with Crippen molar-refractivity contribution in [3.8, 4) is 6.07 Å². The van der Waals surface area contributed by atoms with Gasteiger partial charge in [0.05, 0.1) is 34.1 Å². The Labute approximate surface area is 172 Å². The molecule has 1 aromatic heterocycles. The first kappa shape index (κ1) is 18.9. The van der Waals surface area contributed by atoms with Crippen molar-refractivity contribution in [1.29, 1.82) is 5.26 Å². The number of hydrogen-bond acceptors (Lipinski definition) is 5. The Bertz CT molecular complexity index is 1020. The minimum Gasteiger partial charge on any atom is -0.324 e. The number of nitrogens with one attached hydrogen (secondary N) is 1. The molecule has 0 unspecified atom stereocenters. The van der Waals surface area contributed by atoms with Gasteiger partial charge < -0.3 is 5.32 Å². The third-order valence-corrected chi connectivity index (χ3v) is 6.30. The van der Waals surface area contributed by atoms with Crippen LogP contribution in [0.5, 0.6) is 0 Å². The number of carbonyl (C=O) groups excluding carboxylic acids is 1. The molecule has 1 N–H and O–H groups in total. The van der Waals surface area contributed by atoms with E-state index in [4.69, 9.17) is 16.6 Å². The average Bonchev–Trinajstić information content (AvgIpc) is 3.12. The zero-order valence-corrected chi connectivity index (χ0v) is 16.8. The first-order chi connectivity index (χ1) is 13.6. The lowest BCUT2D eigenvalue weighted by atomic mass is 10.0. The van der Waals surface area contributed by atoms with E-state index < -0.39 is 0 Å². The third kappa shape index (κ3) is 4.02. The summed E-state index contributed by atoms with van der Waals surface area (Å²) in [7, 11) is 0. The van der Waals surface area contributed by atoms with Crippen molar-refractivity contribution in [2.45, 2.75) is 25.3 Å². The number of rotatable bonds is 4. The molecule has 0 saturated carbocycles. The van der Waals surface area contributed by atoms with Crippen molar-refractivity contribution in [1.82, 2.24) is 9.88 Å². The highest BCUT2D eigenvalue weighted by atomic mass is 35.5. The fourth-order valence-corrected chi connectivity index (χ4v) is 4.89. The Balaban J connectivity index is 1.51. The topological polar surface area (TPSA) is 69.0 Å². The number of anilines is 1. The number of amides is 1. The van der Waals surface area contributed by atoms with Gasteiger partial charge in [-0.1, -0.05) is 30.2 Å². The second-order valence-electron chi connectivity index (χ2n) is 6.85. The molecule has 28 heavy (non-hydrogen) atoms. The molecule has 1 saturated heterocycles.